The molecule has 24 heavy (non-hydrogen) atoms. The number of aromatic nitrogens is 1. The van der Waals surface area contributed by atoms with E-state index in [9.17, 15) is 9.59 Å². The molecule has 0 spiro atoms. The number of nitrogens with one attached hydrogen (secondary N) is 2. The Hall–Kier alpha value is -1.48. The fraction of sp³-hybridized carbons (Fsp3) is 0.267. The Balaban J connectivity index is 0.00000288. The number of carbonyl (C=O) groups excluding carboxylic acids is 2. The summed E-state index contributed by atoms with van der Waals surface area (Å²) in [4.78, 5) is 28.0. The first-order chi connectivity index (χ1) is 11.1. The number of halogens is 2. The maximum Gasteiger partial charge on any atom is 0.270 e. The van der Waals surface area contributed by atoms with Gasteiger partial charge in [-0.1, -0.05) is 15.9 Å². The van der Waals surface area contributed by atoms with Gasteiger partial charge in [-0.05, 0) is 30.8 Å². The summed E-state index contributed by atoms with van der Waals surface area (Å²) < 4.78 is 0.915. The zero-order chi connectivity index (χ0) is 16.7. The molecule has 2 aromatic rings. The summed E-state index contributed by atoms with van der Waals surface area (Å²) in [5, 5.41) is 8.03. The quantitative estimate of drug-likeness (QED) is 0.582. The van der Waals surface area contributed by atoms with Gasteiger partial charge >= 0.3 is 0 Å². The van der Waals surface area contributed by atoms with Crippen molar-refractivity contribution in [3.05, 3.63) is 50.4 Å². The number of nitrogens with zero attached hydrogens (tertiary/aromatic N) is 1. The highest BCUT2D eigenvalue weighted by Gasteiger charge is 2.10. The molecule has 0 aliphatic heterocycles. The molecular weight excluding hydrogens is 416 g/mol. The molecule has 0 bridgehead atoms. The van der Waals surface area contributed by atoms with Crippen molar-refractivity contribution < 1.29 is 9.59 Å². The first-order valence-corrected chi connectivity index (χ1v) is 8.74. The molecule has 0 aliphatic carbocycles. The molecule has 0 radical (unpaired) electrons. The van der Waals surface area contributed by atoms with E-state index in [0.717, 1.165) is 9.48 Å². The lowest BCUT2D eigenvalue weighted by Gasteiger charge is -2.06. The normalized spacial score (nSPS) is 9.92. The van der Waals surface area contributed by atoms with Crippen LogP contribution in [0.25, 0.3) is 0 Å². The van der Waals surface area contributed by atoms with Gasteiger partial charge in [0.1, 0.15) is 5.69 Å². The minimum absolute atomic E-state index is 0. The molecule has 6 nitrogen and oxygen atoms in total. The number of thiazole rings is 1. The van der Waals surface area contributed by atoms with Crippen molar-refractivity contribution in [2.45, 2.75) is 6.42 Å². The average Bonchev–Trinajstić information content (AvgIpc) is 3.01. The Bertz CT molecular complexity index is 678. The number of hydrogen-bond donors (Lipinski definition) is 3. The smallest absolute Gasteiger partial charge is 0.270 e. The Kier molecular flexibility index (Phi) is 8.91. The molecule has 0 fully saturated rings. The van der Waals surface area contributed by atoms with E-state index < -0.39 is 0 Å². The van der Waals surface area contributed by atoms with Gasteiger partial charge in [-0.15, -0.1) is 23.7 Å². The molecule has 2 rings (SSSR count). The van der Waals surface area contributed by atoms with Gasteiger partial charge in [-0.3, -0.25) is 9.59 Å². The first-order valence-electron chi connectivity index (χ1n) is 7.06. The number of rotatable bonds is 7. The molecule has 9 heteroatoms. The zero-order valence-corrected chi connectivity index (χ0v) is 16.0. The third-order valence-corrected chi connectivity index (χ3v) is 4.38. The van der Waals surface area contributed by atoms with Gasteiger partial charge in [0.2, 0.25) is 0 Å². The largest absolute Gasteiger partial charge is 0.350 e. The minimum Gasteiger partial charge on any atom is -0.350 e. The summed E-state index contributed by atoms with van der Waals surface area (Å²) in [6.45, 7) is 1.20. The van der Waals surface area contributed by atoms with E-state index in [4.69, 9.17) is 5.73 Å². The van der Waals surface area contributed by atoms with Crippen LogP contribution in [-0.2, 0) is 6.42 Å². The van der Waals surface area contributed by atoms with Crippen LogP contribution < -0.4 is 16.4 Å². The van der Waals surface area contributed by atoms with E-state index >= 15 is 0 Å². The van der Waals surface area contributed by atoms with Crippen LogP contribution in [0.1, 0.15) is 25.9 Å². The molecular formula is C15H18BrClN4O2S. The van der Waals surface area contributed by atoms with Gasteiger partial charge in [0, 0.05) is 34.9 Å². The van der Waals surface area contributed by atoms with Gasteiger partial charge in [-0.25, -0.2) is 4.98 Å². The van der Waals surface area contributed by atoms with Crippen LogP contribution in [0.5, 0.6) is 0 Å². The monoisotopic (exact) mass is 432 g/mol. The van der Waals surface area contributed by atoms with E-state index in [0.29, 0.717) is 37.3 Å². The molecule has 1 aromatic carbocycles. The van der Waals surface area contributed by atoms with Gasteiger partial charge < -0.3 is 16.4 Å². The second kappa shape index (κ2) is 10.4. The molecule has 0 aliphatic rings. The maximum absolute atomic E-state index is 11.9. The van der Waals surface area contributed by atoms with Crippen LogP contribution in [-0.4, -0.2) is 36.4 Å². The molecule has 0 atom stereocenters. The van der Waals surface area contributed by atoms with E-state index in [1.165, 1.54) is 11.3 Å². The third-order valence-electron chi connectivity index (χ3n) is 2.95. The van der Waals surface area contributed by atoms with E-state index in [2.05, 4.69) is 31.5 Å². The second-order valence-electron chi connectivity index (χ2n) is 4.68. The molecule has 1 aromatic heterocycles. The summed E-state index contributed by atoms with van der Waals surface area (Å²) in [5.41, 5.74) is 6.41. The lowest BCUT2D eigenvalue weighted by Crippen LogP contribution is -2.34. The average molecular weight is 434 g/mol. The molecule has 2 amide bonds. The molecule has 1 heterocycles. The van der Waals surface area contributed by atoms with Crippen molar-refractivity contribution in [1.29, 1.82) is 0 Å². The summed E-state index contributed by atoms with van der Waals surface area (Å²) >= 11 is 4.74. The highest BCUT2D eigenvalue weighted by atomic mass is 79.9. The first kappa shape index (κ1) is 20.6. The maximum atomic E-state index is 11.9. The Morgan fingerprint density at radius 2 is 1.75 bits per heavy atom. The minimum atomic E-state index is -0.248. The SMILES string of the molecule is Cl.NCCc1nc(C(=O)NCCNC(=O)c2ccc(Br)cc2)cs1. The molecule has 0 unspecified atom stereocenters. The highest BCUT2D eigenvalue weighted by Crippen LogP contribution is 2.10. The highest BCUT2D eigenvalue weighted by molar-refractivity contribution is 9.10. The Labute approximate surface area is 158 Å². The van der Waals surface area contributed by atoms with Crippen molar-refractivity contribution in [2.75, 3.05) is 19.6 Å². The summed E-state index contributed by atoms with van der Waals surface area (Å²) in [6, 6.07) is 7.06. The van der Waals surface area contributed by atoms with Crippen LogP contribution in [0, 0.1) is 0 Å². The standard InChI is InChI=1S/C15H17BrN4O2S.ClH/c16-11-3-1-10(2-4-11)14(21)18-7-8-19-15(22)12-9-23-13(20-12)5-6-17;/h1-4,9H,5-8,17H2,(H,18,21)(H,19,22);1H. The number of nitrogens with two attached hydrogens (primary N) is 1. The van der Waals surface area contributed by atoms with Crippen LogP contribution in [0.15, 0.2) is 34.1 Å². The fourth-order valence-electron chi connectivity index (χ4n) is 1.80. The predicted octanol–water partition coefficient (Wildman–Crippen LogP) is 1.99. The second-order valence-corrected chi connectivity index (χ2v) is 6.54. The number of hydrogen-bond acceptors (Lipinski definition) is 5. The summed E-state index contributed by atoms with van der Waals surface area (Å²) in [7, 11) is 0. The predicted molar refractivity (Wildman–Crippen MR) is 101 cm³/mol. The third kappa shape index (κ3) is 6.20. The topological polar surface area (TPSA) is 97.1 Å². The summed E-state index contributed by atoms with van der Waals surface area (Å²) in [5.74, 6) is -0.423. The lowest BCUT2D eigenvalue weighted by atomic mass is 10.2. The lowest BCUT2D eigenvalue weighted by molar-refractivity contribution is 0.0925. The van der Waals surface area contributed by atoms with Crippen molar-refractivity contribution in [2.24, 2.45) is 5.73 Å². The summed E-state index contributed by atoms with van der Waals surface area (Å²) in [6.07, 6.45) is 0.668. The number of carbonyl (C=O) groups is 2. The van der Waals surface area contributed by atoms with Gasteiger partial charge in [0.15, 0.2) is 0 Å². The molecule has 0 saturated carbocycles. The van der Waals surface area contributed by atoms with Gasteiger partial charge in [0.25, 0.3) is 11.8 Å². The molecule has 0 saturated heterocycles. The molecule has 130 valence electrons. The zero-order valence-electron chi connectivity index (χ0n) is 12.8. The number of benzene rings is 1. The van der Waals surface area contributed by atoms with Gasteiger partial charge in [-0.2, -0.15) is 0 Å². The van der Waals surface area contributed by atoms with Crippen LogP contribution in [0.4, 0.5) is 0 Å². The Morgan fingerprint density at radius 3 is 2.38 bits per heavy atom. The van der Waals surface area contributed by atoms with Crippen molar-refractivity contribution in [3.8, 4) is 0 Å². The van der Waals surface area contributed by atoms with Crippen molar-refractivity contribution in [1.82, 2.24) is 15.6 Å². The Morgan fingerprint density at radius 1 is 1.12 bits per heavy atom. The van der Waals surface area contributed by atoms with E-state index in [1.54, 1.807) is 29.6 Å². The van der Waals surface area contributed by atoms with Gasteiger partial charge in [0.05, 0.1) is 5.01 Å². The van der Waals surface area contributed by atoms with E-state index in [1.807, 2.05) is 0 Å². The van der Waals surface area contributed by atoms with E-state index in [-0.39, 0.29) is 24.2 Å². The van der Waals surface area contributed by atoms with Crippen LogP contribution in [0.2, 0.25) is 0 Å². The van der Waals surface area contributed by atoms with Crippen LogP contribution >= 0.6 is 39.7 Å². The van der Waals surface area contributed by atoms with Crippen LogP contribution in [0.3, 0.4) is 0 Å². The fourth-order valence-corrected chi connectivity index (χ4v) is 2.86. The van der Waals surface area contributed by atoms with Crippen molar-refractivity contribution >= 4 is 51.5 Å². The molecule has 4 N–H and O–H groups in total. The van der Waals surface area contributed by atoms with Crippen molar-refractivity contribution in [3.63, 3.8) is 0 Å². The number of amides is 2.